The number of halogens is 7. The molecule has 0 spiro atoms. The number of carbonyl (C=O) groups excluding carboxylic acids is 2. The average Bonchev–Trinajstić information content (AvgIpc) is 2.58. The van der Waals surface area contributed by atoms with E-state index in [4.69, 9.17) is 4.74 Å². The van der Waals surface area contributed by atoms with E-state index in [1.165, 1.54) is 0 Å². The van der Waals surface area contributed by atoms with Crippen molar-refractivity contribution in [1.29, 1.82) is 0 Å². The predicted octanol–water partition coefficient (Wildman–Crippen LogP) is 5.44. The van der Waals surface area contributed by atoms with E-state index in [0.29, 0.717) is 6.42 Å². The third-order valence-corrected chi connectivity index (χ3v) is 3.75. The van der Waals surface area contributed by atoms with Crippen LogP contribution in [0, 0.1) is 0 Å². The molecule has 0 aliphatic carbocycles. The molecule has 0 rings (SSSR count). The van der Waals surface area contributed by atoms with E-state index in [9.17, 15) is 40.3 Å². The summed E-state index contributed by atoms with van der Waals surface area (Å²) in [5.41, 5.74) is 0. The summed E-state index contributed by atoms with van der Waals surface area (Å²) in [5, 5.41) is 0. The van der Waals surface area contributed by atoms with Gasteiger partial charge in [0.15, 0.2) is 6.61 Å². The van der Waals surface area contributed by atoms with Crippen LogP contribution in [0.25, 0.3) is 0 Å². The van der Waals surface area contributed by atoms with Crippen molar-refractivity contribution in [3.05, 3.63) is 0 Å². The van der Waals surface area contributed by atoms with Crippen molar-refractivity contribution in [3.8, 4) is 0 Å². The van der Waals surface area contributed by atoms with Crippen molar-refractivity contribution < 1.29 is 49.8 Å². The number of esters is 2. The summed E-state index contributed by atoms with van der Waals surface area (Å²) in [6, 6.07) is 0. The Morgan fingerprint density at radius 3 is 1.75 bits per heavy atom. The Kier molecular flexibility index (Phi) is 11.4. The van der Waals surface area contributed by atoms with E-state index < -0.39 is 43.0 Å². The molecule has 0 N–H and O–H groups in total. The molecule has 0 atom stereocenters. The van der Waals surface area contributed by atoms with Crippen LogP contribution in [0.4, 0.5) is 30.7 Å². The predicted molar refractivity (Wildman–Crippen MR) is 85.1 cm³/mol. The molecule has 28 heavy (non-hydrogen) atoms. The number of hydrogen-bond donors (Lipinski definition) is 0. The highest BCUT2D eigenvalue weighted by atomic mass is 19.4. The van der Waals surface area contributed by atoms with Crippen molar-refractivity contribution in [2.75, 3.05) is 13.2 Å². The molecule has 0 bridgehead atoms. The SMILES string of the molecule is CCCCCCCCOC(=O)CCCC(=O)OCC(F)(F)C(F)(F)C(F)(F)F. The lowest BCUT2D eigenvalue weighted by molar-refractivity contribution is -0.359. The summed E-state index contributed by atoms with van der Waals surface area (Å²) < 4.78 is 95.6. The Labute approximate surface area is 158 Å². The molecule has 0 aliphatic heterocycles. The van der Waals surface area contributed by atoms with Crippen molar-refractivity contribution >= 4 is 11.9 Å². The topological polar surface area (TPSA) is 52.6 Å². The number of ether oxygens (including phenoxy) is 2. The molecule has 0 aromatic carbocycles. The monoisotopic (exact) mass is 426 g/mol. The lowest BCUT2D eigenvalue weighted by Gasteiger charge is -2.27. The first-order valence-electron chi connectivity index (χ1n) is 8.98. The van der Waals surface area contributed by atoms with Crippen LogP contribution in [0.1, 0.15) is 64.7 Å². The molecule has 11 heteroatoms. The number of carbonyl (C=O) groups is 2. The van der Waals surface area contributed by atoms with Gasteiger partial charge in [-0.25, -0.2) is 0 Å². The van der Waals surface area contributed by atoms with Gasteiger partial charge in [0.2, 0.25) is 0 Å². The van der Waals surface area contributed by atoms with Crippen molar-refractivity contribution in [1.82, 2.24) is 0 Å². The minimum atomic E-state index is -6.48. The Morgan fingerprint density at radius 2 is 1.21 bits per heavy atom. The van der Waals surface area contributed by atoms with Crippen LogP contribution in [-0.4, -0.2) is 43.2 Å². The van der Waals surface area contributed by atoms with Gasteiger partial charge in [0.25, 0.3) is 0 Å². The molecule has 0 fully saturated rings. The van der Waals surface area contributed by atoms with Gasteiger partial charge in [0.05, 0.1) is 6.61 Å². The molecule has 0 heterocycles. The Hall–Kier alpha value is -1.55. The van der Waals surface area contributed by atoms with Crippen LogP contribution < -0.4 is 0 Å². The highest BCUT2D eigenvalue weighted by Crippen LogP contribution is 2.46. The third-order valence-electron chi connectivity index (χ3n) is 3.75. The molecule has 0 aliphatic rings. The Balaban J connectivity index is 3.97. The summed E-state index contributed by atoms with van der Waals surface area (Å²) in [5.74, 6) is -14.0. The van der Waals surface area contributed by atoms with Crippen molar-refractivity contribution in [3.63, 3.8) is 0 Å². The van der Waals surface area contributed by atoms with Gasteiger partial charge in [-0.3, -0.25) is 9.59 Å². The fourth-order valence-corrected chi connectivity index (χ4v) is 2.06. The molecule has 0 saturated carbocycles. The van der Waals surface area contributed by atoms with Gasteiger partial charge in [-0.2, -0.15) is 30.7 Å². The molecule has 0 saturated heterocycles. The van der Waals surface area contributed by atoms with Gasteiger partial charge in [0, 0.05) is 12.8 Å². The largest absolute Gasteiger partial charge is 0.466 e. The van der Waals surface area contributed by atoms with Crippen LogP contribution in [0.3, 0.4) is 0 Å². The van der Waals surface area contributed by atoms with Crippen molar-refractivity contribution in [2.24, 2.45) is 0 Å². The van der Waals surface area contributed by atoms with Gasteiger partial charge in [-0.05, 0) is 12.8 Å². The summed E-state index contributed by atoms with van der Waals surface area (Å²) in [4.78, 5) is 22.6. The zero-order valence-corrected chi connectivity index (χ0v) is 15.6. The van der Waals surface area contributed by atoms with Crippen LogP contribution >= 0.6 is 0 Å². The summed E-state index contributed by atoms with van der Waals surface area (Å²) in [6.07, 6.45) is -1.54. The summed E-state index contributed by atoms with van der Waals surface area (Å²) >= 11 is 0. The molecule has 0 radical (unpaired) electrons. The summed E-state index contributed by atoms with van der Waals surface area (Å²) in [6.45, 7) is -0.129. The average molecular weight is 426 g/mol. The van der Waals surface area contributed by atoms with E-state index in [0.717, 1.165) is 32.1 Å². The van der Waals surface area contributed by atoms with Gasteiger partial charge >= 0.3 is 30.0 Å². The fraction of sp³-hybridized carbons (Fsp3) is 0.882. The lowest BCUT2D eigenvalue weighted by Crippen LogP contribution is -2.54. The van der Waals surface area contributed by atoms with Crippen LogP contribution in [0.2, 0.25) is 0 Å². The maximum absolute atomic E-state index is 13.0. The van der Waals surface area contributed by atoms with E-state index in [-0.39, 0.29) is 19.4 Å². The van der Waals surface area contributed by atoms with Crippen LogP contribution in [0.15, 0.2) is 0 Å². The van der Waals surface area contributed by atoms with E-state index >= 15 is 0 Å². The maximum Gasteiger partial charge on any atom is 0.460 e. The molecular weight excluding hydrogens is 401 g/mol. The van der Waals surface area contributed by atoms with Crippen molar-refractivity contribution in [2.45, 2.75) is 82.7 Å². The van der Waals surface area contributed by atoms with Crippen LogP contribution in [-0.2, 0) is 19.1 Å². The van der Waals surface area contributed by atoms with Gasteiger partial charge in [-0.1, -0.05) is 39.0 Å². The lowest BCUT2D eigenvalue weighted by atomic mass is 10.1. The zero-order valence-electron chi connectivity index (χ0n) is 15.6. The van der Waals surface area contributed by atoms with E-state index in [1.54, 1.807) is 0 Å². The molecule has 0 unspecified atom stereocenters. The standard InChI is InChI=1S/C17H25F7O4/c1-2-3-4-5-6-7-11-27-13(25)9-8-10-14(26)28-12-15(18,19)16(20,21)17(22,23)24/h2-12H2,1H3. The first-order valence-corrected chi connectivity index (χ1v) is 8.98. The Bertz CT molecular complexity index is 479. The van der Waals surface area contributed by atoms with Gasteiger partial charge in [-0.15, -0.1) is 0 Å². The molecule has 0 aromatic heterocycles. The van der Waals surface area contributed by atoms with E-state index in [2.05, 4.69) is 11.7 Å². The van der Waals surface area contributed by atoms with Gasteiger partial charge < -0.3 is 9.47 Å². The minimum Gasteiger partial charge on any atom is -0.466 e. The second kappa shape index (κ2) is 12.1. The first kappa shape index (κ1) is 26.4. The fourth-order valence-electron chi connectivity index (χ4n) is 2.06. The second-order valence-electron chi connectivity index (χ2n) is 6.28. The smallest absolute Gasteiger partial charge is 0.460 e. The highest BCUT2D eigenvalue weighted by molar-refractivity contribution is 5.72. The minimum absolute atomic E-state index is 0.171. The zero-order chi connectivity index (χ0) is 21.8. The number of unbranched alkanes of at least 4 members (excludes halogenated alkanes) is 5. The molecule has 0 aromatic rings. The summed E-state index contributed by atoms with van der Waals surface area (Å²) in [7, 11) is 0. The third kappa shape index (κ3) is 9.59. The molecule has 166 valence electrons. The molecule has 0 amide bonds. The Morgan fingerprint density at radius 1 is 0.714 bits per heavy atom. The van der Waals surface area contributed by atoms with E-state index in [1.807, 2.05) is 0 Å². The molecular formula is C17H25F7O4. The highest BCUT2D eigenvalue weighted by Gasteiger charge is 2.73. The number of alkyl halides is 7. The van der Waals surface area contributed by atoms with Crippen LogP contribution in [0.5, 0.6) is 0 Å². The number of rotatable bonds is 14. The molecule has 4 nitrogen and oxygen atoms in total. The first-order chi connectivity index (χ1) is 12.8. The normalized spacial score (nSPS) is 12.7. The quantitative estimate of drug-likeness (QED) is 0.211. The van der Waals surface area contributed by atoms with Gasteiger partial charge in [0.1, 0.15) is 0 Å². The number of hydrogen-bond acceptors (Lipinski definition) is 4. The second-order valence-corrected chi connectivity index (χ2v) is 6.28. The maximum atomic E-state index is 13.0.